The van der Waals surface area contributed by atoms with E-state index in [0.29, 0.717) is 12.6 Å². The van der Waals surface area contributed by atoms with Gasteiger partial charge in [0, 0.05) is 25.7 Å². The second-order valence-electron chi connectivity index (χ2n) is 3.63. The number of likely N-dealkylation sites (tertiary alicyclic amines) is 1. The number of hydrogen-bond donors (Lipinski definition) is 2. The molecule has 3 heteroatoms. The molecule has 0 radical (unpaired) electrons. The molecule has 1 heterocycles. The van der Waals surface area contributed by atoms with Gasteiger partial charge in [-0.15, -0.1) is 0 Å². The summed E-state index contributed by atoms with van der Waals surface area (Å²) in [4.78, 5) is 2.37. The van der Waals surface area contributed by atoms with Crippen LogP contribution in [0.5, 0.6) is 0 Å². The largest absolute Gasteiger partial charge is 0.396 e. The van der Waals surface area contributed by atoms with Gasteiger partial charge in [0.1, 0.15) is 0 Å². The van der Waals surface area contributed by atoms with Crippen molar-refractivity contribution in [2.24, 2.45) is 5.73 Å². The third-order valence-corrected chi connectivity index (χ3v) is 2.42. The first-order chi connectivity index (χ1) is 5.83. The Bertz CT molecular complexity index is 119. The molecular formula is C9H20N2O. The summed E-state index contributed by atoms with van der Waals surface area (Å²) >= 11 is 0. The average Bonchev–Trinajstić information content (AvgIpc) is 2.26. The van der Waals surface area contributed by atoms with Crippen molar-refractivity contribution in [3.05, 3.63) is 0 Å². The first kappa shape index (κ1) is 9.96. The van der Waals surface area contributed by atoms with E-state index in [1.165, 1.54) is 12.8 Å². The first-order valence-electron chi connectivity index (χ1n) is 4.91. The molecule has 1 aliphatic rings. The average molecular weight is 172 g/mol. The maximum Gasteiger partial charge on any atom is 0.0443 e. The summed E-state index contributed by atoms with van der Waals surface area (Å²) in [5, 5.41) is 8.68. The zero-order chi connectivity index (χ0) is 8.81. The fourth-order valence-corrected chi connectivity index (χ4v) is 1.75. The lowest BCUT2D eigenvalue weighted by Crippen LogP contribution is -2.36. The number of hydrogen-bond acceptors (Lipinski definition) is 3. The van der Waals surface area contributed by atoms with E-state index in [-0.39, 0.29) is 0 Å². The predicted octanol–water partition coefficient (Wildman–Crippen LogP) is 0.182. The molecule has 3 N–H and O–H groups in total. The molecule has 0 saturated carbocycles. The molecule has 0 aromatic carbocycles. The zero-order valence-electron chi connectivity index (χ0n) is 7.71. The lowest BCUT2D eigenvalue weighted by molar-refractivity contribution is 0.223. The molecule has 12 heavy (non-hydrogen) atoms. The molecule has 1 saturated heterocycles. The highest BCUT2D eigenvalue weighted by molar-refractivity contribution is 4.72. The van der Waals surface area contributed by atoms with Crippen LogP contribution in [0.25, 0.3) is 0 Å². The van der Waals surface area contributed by atoms with E-state index >= 15 is 0 Å². The van der Waals surface area contributed by atoms with E-state index in [0.717, 1.165) is 32.5 Å². The lowest BCUT2D eigenvalue weighted by atomic mass is 10.2. The topological polar surface area (TPSA) is 49.5 Å². The standard InChI is InChI=1S/C9H20N2O/c10-9-4-1-2-5-11(8-9)6-3-7-12/h9,12H,1-8,10H2. The van der Waals surface area contributed by atoms with E-state index in [1.807, 2.05) is 0 Å². The maximum atomic E-state index is 8.68. The molecule has 3 nitrogen and oxygen atoms in total. The molecule has 0 aromatic rings. The van der Waals surface area contributed by atoms with Gasteiger partial charge in [-0.25, -0.2) is 0 Å². The molecular weight excluding hydrogens is 152 g/mol. The molecule has 0 aromatic heterocycles. The molecule has 0 spiro atoms. The third kappa shape index (κ3) is 3.52. The Morgan fingerprint density at radius 2 is 2.25 bits per heavy atom. The van der Waals surface area contributed by atoms with Crippen LogP contribution in [0, 0.1) is 0 Å². The Balaban J connectivity index is 2.21. The Labute approximate surface area is 74.5 Å². The third-order valence-electron chi connectivity index (χ3n) is 2.42. The minimum absolute atomic E-state index is 0.297. The molecule has 0 amide bonds. The normalized spacial score (nSPS) is 27.0. The number of aliphatic hydroxyl groups is 1. The number of nitrogens with two attached hydrogens (primary N) is 1. The van der Waals surface area contributed by atoms with Crippen molar-refractivity contribution >= 4 is 0 Å². The van der Waals surface area contributed by atoms with Crippen molar-refractivity contribution in [1.82, 2.24) is 4.90 Å². The van der Waals surface area contributed by atoms with Crippen molar-refractivity contribution in [3.63, 3.8) is 0 Å². The summed E-state index contributed by atoms with van der Waals surface area (Å²) in [5.74, 6) is 0. The van der Waals surface area contributed by atoms with Crippen LogP contribution in [0.1, 0.15) is 25.7 Å². The minimum Gasteiger partial charge on any atom is -0.396 e. The minimum atomic E-state index is 0.297. The van der Waals surface area contributed by atoms with E-state index in [1.54, 1.807) is 0 Å². The quantitative estimate of drug-likeness (QED) is 0.638. The molecule has 1 fully saturated rings. The van der Waals surface area contributed by atoms with Gasteiger partial charge in [0.25, 0.3) is 0 Å². The Morgan fingerprint density at radius 1 is 1.42 bits per heavy atom. The van der Waals surface area contributed by atoms with Crippen LogP contribution in [0.4, 0.5) is 0 Å². The molecule has 1 atom stereocenters. The fraction of sp³-hybridized carbons (Fsp3) is 1.00. The van der Waals surface area contributed by atoms with Gasteiger partial charge in [-0.2, -0.15) is 0 Å². The van der Waals surface area contributed by atoms with E-state index in [9.17, 15) is 0 Å². The first-order valence-corrected chi connectivity index (χ1v) is 4.91. The molecule has 1 aliphatic heterocycles. The van der Waals surface area contributed by atoms with Crippen LogP contribution in [-0.2, 0) is 0 Å². The molecule has 1 unspecified atom stereocenters. The summed E-state index contributed by atoms with van der Waals surface area (Å²) < 4.78 is 0. The zero-order valence-corrected chi connectivity index (χ0v) is 7.71. The van der Waals surface area contributed by atoms with Crippen LogP contribution in [0.2, 0.25) is 0 Å². The molecule has 0 aliphatic carbocycles. The summed E-state index contributed by atoms with van der Waals surface area (Å²) in [7, 11) is 0. The summed E-state index contributed by atoms with van der Waals surface area (Å²) in [6.07, 6.45) is 4.57. The van der Waals surface area contributed by atoms with Gasteiger partial charge in [0.05, 0.1) is 0 Å². The van der Waals surface area contributed by atoms with Crippen molar-refractivity contribution in [2.75, 3.05) is 26.2 Å². The SMILES string of the molecule is NC1CCCCN(CCCO)C1. The van der Waals surface area contributed by atoms with Gasteiger partial charge < -0.3 is 15.7 Å². The van der Waals surface area contributed by atoms with Gasteiger partial charge in [0.15, 0.2) is 0 Å². The van der Waals surface area contributed by atoms with Crippen LogP contribution >= 0.6 is 0 Å². The predicted molar refractivity (Wildman–Crippen MR) is 50.0 cm³/mol. The van der Waals surface area contributed by atoms with Crippen molar-refractivity contribution in [2.45, 2.75) is 31.7 Å². The molecule has 1 rings (SSSR count). The Morgan fingerprint density at radius 3 is 3.00 bits per heavy atom. The van der Waals surface area contributed by atoms with Crippen molar-refractivity contribution in [3.8, 4) is 0 Å². The summed E-state index contributed by atoms with van der Waals surface area (Å²) in [6.45, 7) is 3.48. The van der Waals surface area contributed by atoms with E-state index in [4.69, 9.17) is 10.8 Å². The summed E-state index contributed by atoms with van der Waals surface area (Å²) in [6, 6.07) is 0.353. The van der Waals surface area contributed by atoms with Crippen LogP contribution in [0.3, 0.4) is 0 Å². The van der Waals surface area contributed by atoms with E-state index < -0.39 is 0 Å². The molecule has 0 bridgehead atoms. The fourth-order valence-electron chi connectivity index (χ4n) is 1.75. The Kier molecular flexibility index (Phi) is 4.58. The second kappa shape index (κ2) is 5.51. The number of nitrogens with zero attached hydrogens (tertiary/aromatic N) is 1. The highest BCUT2D eigenvalue weighted by Gasteiger charge is 2.13. The maximum absolute atomic E-state index is 8.68. The van der Waals surface area contributed by atoms with E-state index in [2.05, 4.69) is 4.90 Å². The highest BCUT2D eigenvalue weighted by Crippen LogP contribution is 2.08. The second-order valence-corrected chi connectivity index (χ2v) is 3.63. The van der Waals surface area contributed by atoms with Gasteiger partial charge in [-0.3, -0.25) is 0 Å². The lowest BCUT2D eigenvalue weighted by Gasteiger charge is -2.21. The van der Waals surface area contributed by atoms with Gasteiger partial charge in [-0.1, -0.05) is 6.42 Å². The van der Waals surface area contributed by atoms with Crippen LogP contribution in [-0.4, -0.2) is 42.3 Å². The number of rotatable bonds is 3. The molecule has 72 valence electrons. The smallest absolute Gasteiger partial charge is 0.0443 e. The van der Waals surface area contributed by atoms with Gasteiger partial charge in [-0.05, 0) is 25.8 Å². The monoisotopic (exact) mass is 172 g/mol. The van der Waals surface area contributed by atoms with Gasteiger partial charge in [0.2, 0.25) is 0 Å². The highest BCUT2D eigenvalue weighted by atomic mass is 16.3. The number of aliphatic hydroxyl groups excluding tert-OH is 1. The van der Waals surface area contributed by atoms with Crippen molar-refractivity contribution in [1.29, 1.82) is 0 Å². The van der Waals surface area contributed by atoms with Crippen LogP contribution < -0.4 is 5.73 Å². The Hall–Kier alpha value is -0.120. The van der Waals surface area contributed by atoms with Gasteiger partial charge >= 0.3 is 0 Å². The van der Waals surface area contributed by atoms with Crippen LogP contribution in [0.15, 0.2) is 0 Å². The van der Waals surface area contributed by atoms with Crippen molar-refractivity contribution < 1.29 is 5.11 Å². The summed E-state index contributed by atoms with van der Waals surface area (Å²) in [5.41, 5.74) is 5.89.